The molecular formula is C38H58O6. The van der Waals surface area contributed by atoms with Crippen molar-refractivity contribution in [3.05, 3.63) is 53.6 Å². The number of unbranched alkanes of at least 4 members (excludes halogenated alkanes) is 18. The van der Waals surface area contributed by atoms with Gasteiger partial charge < -0.3 is 19.3 Å². The summed E-state index contributed by atoms with van der Waals surface area (Å²) >= 11 is 0. The summed E-state index contributed by atoms with van der Waals surface area (Å²) in [7, 11) is 0. The summed E-state index contributed by atoms with van der Waals surface area (Å²) in [4.78, 5) is 24.2. The van der Waals surface area contributed by atoms with E-state index in [1.807, 2.05) is 0 Å². The van der Waals surface area contributed by atoms with Crippen LogP contribution in [0.4, 0.5) is 0 Å². The number of carbonyl (C=O) groups is 2. The molecule has 0 heterocycles. The minimum Gasteiger partial charge on any atom is -0.493 e. The Morgan fingerprint density at radius 2 is 0.977 bits per heavy atom. The van der Waals surface area contributed by atoms with Crippen LogP contribution in [-0.2, 0) is 0 Å². The summed E-state index contributed by atoms with van der Waals surface area (Å²) in [6.07, 6.45) is 25.2. The fourth-order valence-corrected chi connectivity index (χ4v) is 5.26. The lowest BCUT2D eigenvalue weighted by Crippen LogP contribution is -2.12. The number of aromatic carboxylic acids is 1. The normalized spacial score (nSPS) is 11.0. The van der Waals surface area contributed by atoms with Crippen LogP contribution in [0.2, 0.25) is 0 Å². The summed E-state index contributed by atoms with van der Waals surface area (Å²) in [5.74, 6) is -0.164. The van der Waals surface area contributed by atoms with E-state index in [-0.39, 0.29) is 11.3 Å². The monoisotopic (exact) mass is 610 g/mol. The summed E-state index contributed by atoms with van der Waals surface area (Å²) in [6, 6.07) is 11.1. The Morgan fingerprint density at radius 3 is 1.45 bits per heavy atom. The first-order chi connectivity index (χ1) is 21.5. The van der Waals surface area contributed by atoms with Crippen LogP contribution < -0.4 is 14.2 Å². The molecule has 246 valence electrons. The third kappa shape index (κ3) is 16.7. The third-order valence-corrected chi connectivity index (χ3v) is 8.01. The van der Waals surface area contributed by atoms with Crippen LogP contribution in [0, 0.1) is 0 Å². The molecule has 0 aliphatic heterocycles. The molecule has 0 saturated heterocycles. The second-order valence-corrected chi connectivity index (χ2v) is 11.9. The van der Waals surface area contributed by atoms with Crippen LogP contribution in [0.1, 0.15) is 163 Å². The molecule has 2 aromatic carbocycles. The van der Waals surface area contributed by atoms with E-state index >= 15 is 0 Å². The number of rotatable bonds is 27. The number of carbonyl (C=O) groups excluding carboxylic acids is 1. The van der Waals surface area contributed by atoms with Gasteiger partial charge in [0, 0.05) is 6.07 Å². The summed E-state index contributed by atoms with van der Waals surface area (Å²) in [5, 5.41) is 9.12. The van der Waals surface area contributed by atoms with Crippen LogP contribution in [0.5, 0.6) is 17.2 Å². The average Bonchev–Trinajstić information content (AvgIpc) is 3.02. The molecule has 0 atom stereocenters. The lowest BCUT2D eigenvalue weighted by Gasteiger charge is -2.14. The lowest BCUT2D eigenvalue weighted by molar-refractivity contribution is 0.0696. The summed E-state index contributed by atoms with van der Waals surface area (Å²) < 4.78 is 17.7. The molecule has 0 amide bonds. The molecule has 6 heteroatoms. The largest absolute Gasteiger partial charge is 0.493 e. The molecule has 0 fully saturated rings. The zero-order valence-electron chi connectivity index (χ0n) is 27.6. The first-order valence-corrected chi connectivity index (χ1v) is 17.5. The van der Waals surface area contributed by atoms with E-state index in [1.54, 1.807) is 18.2 Å². The van der Waals surface area contributed by atoms with Gasteiger partial charge in [-0.05, 0) is 49.2 Å². The number of ether oxygens (including phenoxy) is 3. The molecule has 2 aromatic rings. The molecular weight excluding hydrogens is 552 g/mol. The van der Waals surface area contributed by atoms with E-state index in [9.17, 15) is 9.59 Å². The molecule has 0 saturated carbocycles. The van der Waals surface area contributed by atoms with Crippen molar-refractivity contribution in [3.8, 4) is 17.2 Å². The highest BCUT2D eigenvalue weighted by Gasteiger charge is 2.17. The fraction of sp³-hybridized carbons (Fsp3) is 0.632. The molecule has 2 rings (SSSR count). The van der Waals surface area contributed by atoms with Gasteiger partial charge in [0.1, 0.15) is 22.8 Å². The smallest absolute Gasteiger partial charge is 0.347 e. The topological polar surface area (TPSA) is 82.1 Å². The molecule has 44 heavy (non-hydrogen) atoms. The second-order valence-electron chi connectivity index (χ2n) is 11.9. The number of hydrogen-bond donors (Lipinski definition) is 1. The zero-order valence-corrected chi connectivity index (χ0v) is 27.6. The zero-order chi connectivity index (χ0) is 31.7. The van der Waals surface area contributed by atoms with Gasteiger partial charge in [-0.2, -0.15) is 0 Å². The molecule has 0 bridgehead atoms. The number of hydrogen-bond acceptors (Lipinski definition) is 5. The van der Waals surface area contributed by atoms with E-state index in [1.165, 1.54) is 127 Å². The highest BCUT2D eigenvalue weighted by molar-refractivity contribution is 5.94. The lowest BCUT2D eigenvalue weighted by atomic mass is 10.1. The van der Waals surface area contributed by atoms with Gasteiger partial charge in [-0.25, -0.2) is 9.59 Å². The highest BCUT2D eigenvalue weighted by Crippen LogP contribution is 2.27. The predicted octanol–water partition coefficient (Wildman–Crippen LogP) is 11.2. The Balaban J connectivity index is 1.83. The van der Waals surface area contributed by atoms with E-state index < -0.39 is 11.9 Å². The van der Waals surface area contributed by atoms with E-state index in [4.69, 9.17) is 19.3 Å². The van der Waals surface area contributed by atoms with Gasteiger partial charge >= 0.3 is 11.9 Å². The maximum atomic E-state index is 13.1. The van der Waals surface area contributed by atoms with Gasteiger partial charge in [0.05, 0.1) is 18.8 Å². The summed E-state index contributed by atoms with van der Waals surface area (Å²) in [6.45, 7) is 5.66. The van der Waals surface area contributed by atoms with Gasteiger partial charge in [0.15, 0.2) is 0 Å². The Hall–Kier alpha value is -3.02. The minimum absolute atomic E-state index is 0.134. The quantitative estimate of drug-likeness (QED) is 0.0615. The van der Waals surface area contributed by atoms with Crippen molar-refractivity contribution in [2.75, 3.05) is 13.2 Å². The number of esters is 1. The molecule has 6 nitrogen and oxygen atoms in total. The van der Waals surface area contributed by atoms with Crippen molar-refractivity contribution in [1.29, 1.82) is 0 Å². The van der Waals surface area contributed by atoms with Crippen molar-refractivity contribution < 1.29 is 28.9 Å². The van der Waals surface area contributed by atoms with Gasteiger partial charge in [-0.1, -0.05) is 129 Å². The Morgan fingerprint density at radius 1 is 0.545 bits per heavy atom. The van der Waals surface area contributed by atoms with Crippen molar-refractivity contribution in [2.45, 2.75) is 142 Å². The molecule has 0 aromatic heterocycles. The maximum Gasteiger partial charge on any atom is 0.347 e. The average molecular weight is 611 g/mol. The van der Waals surface area contributed by atoms with Crippen molar-refractivity contribution in [1.82, 2.24) is 0 Å². The molecule has 0 aliphatic carbocycles. The Labute approximate surface area is 266 Å². The molecule has 0 aliphatic rings. The van der Waals surface area contributed by atoms with Gasteiger partial charge in [0.25, 0.3) is 0 Å². The molecule has 0 spiro atoms. The second kappa shape index (κ2) is 24.3. The van der Waals surface area contributed by atoms with Crippen LogP contribution in [-0.4, -0.2) is 30.3 Å². The van der Waals surface area contributed by atoms with Crippen LogP contribution >= 0.6 is 0 Å². The Kier molecular flexibility index (Phi) is 20.5. The standard InChI is InChI=1S/C38H58O6/c1-3-5-7-9-11-13-15-17-19-21-29-42-34-27-28-35(38(41)44-33-25-23-32(24-26-33)37(39)40)36(31-34)43-30-22-20-18-16-14-12-10-8-6-4-2/h23-28,31H,3-22,29-30H2,1-2H3,(H,39,40). The van der Waals surface area contributed by atoms with Crippen LogP contribution in [0.3, 0.4) is 0 Å². The fourth-order valence-electron chi connectivity index (χ4n) is 5.26. The first kappa shape index (κ1) is 37.2. The van der Waals surface area contributed by atoms with Crippen molar-refractivity contribution >= 4 is 11.9 Å². The van der Waals surface area contributed by atoms with Gasteiger partial charge in [0.2, 0.25) is 0 Å². The van der Waals surface area contributed by atoms with E-state index in [0.717, 1.165) is 25.7 Å². The van der Waals surface area contributed by atoms with E-state index in [0.29, 0.717) is 30.3 Å². The maximum absolute atomic E-state index is 13.1. The van der Waals surface area contributed by atoms with Crippen molar-refractivity contribution in [2.24, 2.45) is 0 Å². The highest BCUT2D eigenvalue weighted by atomic mass is 16.5. The predicted molar refractivity (Wildman–Crippen MR) is 179 cm³/mol. The van der Waals surface area contributed by atoms with Gasteiger partial charge in [-0.15, -0.1) is 0 Å². The van der Waals surface area contributed by atoms with E-state index in [2.05, 4.69) is 13.8 Å². The number of carboxylic acid groups (broad SMARTS) is 1. The van der Waals surface area contributed by atoms with Crippen LogP contribution in [0.25, 0.3) is 0 Å². The van der Waals surface area contributed by atoms with Crippen molar-refractivity contribution in [3.63, 3.8) is 0 Å². The van der Waals surface area contributed by atoms with Gasteiger partial charge in [-0.3, -0.25) is 0 Å². The Bertz CT molecular complexity index is 1030. The number of carboxylic acids is 1. The molecule has 0 radical (unpaired) electrons. The first-order valence-electron chi connectivity index (χ1n) is 17.5. The molecule has 0 unspecified atom stereocenters. The third-order valence-electron chi connectivity index (χ3n) is 8.01. The SMILES string of the molecule is CCCCCCCCCCCCOc1ccc(C(=O)Oc2ccc(C(=O)O)cc2)c(OCCCCCCCCCCCC)c1. The number of benzene rings is 2. The minimum atomic E-state index is -1.03. The molecule has 1 N–H and O–H groups in total. The van der Waals surface area contributed by atoms with Crippen LogP contribution in [0.15, 0.2) is 42.5 Å². The summed E-state index contributed by atoms with van der Waals surface area (Å²) in [5.41, 5.74) is 0.458.